The molecule has 0 aliphatic rings. The molecule has 0 aliphatic heterocycles. The molecule has 0 unspecified atom stereocenters. The maximum absolute atomic E-state index is 13.1. The van der Waals surface area contributed by atoms with Gasteiger partial charge in [0.15, 0.2) is 5.78 Å². The molecule has 0 saturated carbocycles. The van der Waals surface area contributed by atoms with E-state index in [1.54, 1.807) is 78.9 Å². The number of hydrogen-bond donors (Lipinski definition) is 3. The van der Waals surface area contributed by atoms with Crippen LogP contribution in [-0.4, -0.2) is 29.3 Å². The van der Waals surface area contributed by atoms with Crippen molar-refractivity contribution in [1.29, 1.82) is 0 Å². The maximum Gasteiger partial charge on any atom is 0.272 e. The van der Waals surface area contributed by atoms with Crippen LogP contribution in [0.4, 0.5) is 11.4 Å². The van der Waals surface area contributed by atoms with Crippen molar-refractivity contribution in [3.05, 3.63) is 118 Å². The van der Waals surface area contributed by atoms with Gasteiger partial charge in [-0.05, 0) is 85.1 Å². The first-order chi connectivity index (χ1) is 18.9. The fourth-order valence-corrected chi connectivity index (χ4v) is 4.78. The standard InChI is InChI=1S/C30H25N3O4S2/c1-20(34)21-9-11-23(12-10-21)31-28(35)19-39-25-15-13-24(14-16-25)32-30(37)27(18-26-8-5-17-38-26)33-29(36)22-6-3-2-4-7-22/h2-18H,19H2,1H3,(H,31,35)(H,32,37)(H,33,36)/b27-18-. The topological polar surface area (TPSA) is 104 Å². The minimum atomic E-state index is -0.455. The Hall–Kier alpha value is -4.47. The highest BCUT2D eigenvalue weighted by molar-refractivity contribution is 8.00. The molecule has 3 N–H and O–H groups in total. The van der Waals surface area contributed by atoms with Crippen LogP contribution in [0.3, 0.4) is 0 Å². The Kier molecular flexibility index (Phi) is 9.44. The number of thiophene rings is 1. The highest BCUT2D eigenvalue weighted by atomic mass is 32.2. The highest BCUT2D eigenvalue weighted by Crippen LogP contribution is 2.22. The van der Waals surface area contributed by atoms with Gasteiger partial charge in [0.1, 0.15) is 5.70 Å². The fourth-order valence-electron chi connectivity index (χ4n) is 3.43. The summed E-state index contributed by atoms with van der Waals surface area (Å²) in [7, 11) is 0. The lowest BCUT2D eigenvalue weighted by atomic mass is 10.1. The van der Waals surface area contributed by atoms with Gasteiger partial charge < -0.3 is 16.0 Å². The van der Waals surface area contributed by atoms with E-state index >= 15 is 0 Å². The number of ketones is 1. The van der Waals surface area contributed by atoms with Crippen molar-refractivity contribution in [1.82, 2.24) is 5.32 Å². The van der Waals surface area contributed by atoms with Gasteiger partial charge in [-0.2, -0.15) is 0 Å². The molecule has 4 aromatic rings. The zero-order chi connectivity index (χ0) is 27.6. The molecule has 196 valence electrons. The van der Waals surface area contributed by atoms with E-state index in [2.05, 4.69) is 16.0 Å². The lowest BCUT2D eigenvalue weighted by molar-refractivity contribution is -0.114. The minimum absolute atomic E-state index is 0.0326. The Morgan fingerprint density at radius 2 is 1.44 bits per heavy atom. The number of carbonyl (C=O) groups is 4. The quantitative estimate of drug-likeness (QED) is 0.125. The monoisotopic (exact) mass is 555 g/mol. The van der Waals surface area contributed by atoms with E-state index in [9.17, 15) is 19.2 Å². The predicted molar refractivity (Wildman–Crippen MR) is 157 cm³/mol. The van der Waals surface area contributed by atoms with Gasteiger partial charge in [0.05, 0.1) is 5.75 Å². The number of nitrogens with one attached hydrogen (secondary N) is 3. The first kappa shape index (κ1) is 27.6. The third kappa shape index (κ3) is 8.26. The van der Waals surface area contributed by atoms with Crippen molar-refractivity contribution < 1.29 is 19.2 Å². The largest absolute Gasteiger partial charge is 0.325 e. The summed E-state index contributed by atoms with van der Waals surface area (Å²) in [5.41, 5.74) is 2.32. The first-order valence-electron chi connectivity index (χ1n) is 11.9. The maximum atomic E-state index is 13.1. The van der Waals surface area contributed by atoms with Gasteiger partial charge >= 0.3 is 0 Å². The summed E-state index contributed by atoms with van der Waals surface area (Å²) in [5.74, 6) is -0.851. The number of thioether (sulfide) groups is 1. The Morgan fingerprint density at radius 1 is 0.769 bits per heavy atom. The summed E-state index contributed by atoms with van der Waals surface area (Å²) in [4.78, 5) is 51.1. The van der Waals surface area contributed by atoms with Gasteiger partial charge in [-0.25, -0.2) is 0 Å². The fraction of sp³-hybridized carbons (Fsp3) is 0.0667. The molecule has 4 rings (SSSR count). The second-order valence-electron chi connectivity index (χ2n) is 8.34. The van der Waals surface area contributed by atoms with Crippen LogP contribution in [0.2, 0.25) is 0 Å². The molecule has 9 heteroatoms. The van der Waals surface area contributed by atoms with Crippen molar-refractivity contribution in [3.8, 4) is 0 Å². The van der Waals surface area contributed by atoms with Crippen LogP contribution in [0.5, 0.6) is 0 Å². The smallest absolute Gasteiger partial charge is 0.272 e. The van der Waals surface area contributed by atoms with E-state index in [0.717, 1.165) is 9.77 Å². The van der Waals surface area contributed by atoms with Gasteiger partial charge in [0.2, 0.25) is 5.91 Å². The van der Waals surface area contributed by atoms with E-state index in [-0.39, 0.29) is 29.0 Å². The third-order valence-corrected chi connectivity index (χ3v) is 7.25. The summed E-state index contributed by atoms with van der Waals surface area (Å²) in [6, 6.07) is 26.2. The average Bonchev–Trinajstić information content (AvgIpc) is 3.46. The third-order valence-electron chi connectivity index (χ3n) is 5.42. The van der Waals surface area contributed by atoms with Crippen LogP contribution in [-0.2, 0) is 9.59 Å². The zero-order valence-corrected chi connectivity index (χ0v) is 22.6. The van der Waals surface area contributed by atoms with Crippen LogP contribution < -0.4 is 16.0 Å². The molecule has 0 aliphatic carbocycles. The molecule has 1 aromatic heterocycles. The van der Waals surface area contributed by atoms with E-state index in [4.69, 9.17) is 0 Å². The molecular weight excluding hydrogens is 530 g/mol. The molecule has 0 saturated heterocycles. The van der Waals surface area contributed by atoms with E-state index in [1.807, 2.05) is 23.6 Å². The minimum Gasteiger partial charge on any atom is -0.325 e. The van der Waals surface area contributed by atoms with Crippen LogP contribution in [0.15, 0.2) is 107 Å². The summed E-state index contributed by atoms with van der Waals surface area (Å²) in [6.07, 6.45) is 1.64. The van der Waals surface area contributed by atoms with Gasteiger partial charge in [-0.15, -0.1) is 23.1 Å². The molecule has 0 radical (unpaired) electrons. The number of benzene rings is 3. The molecule has 0 fully saturated rings. The van der Waals surface area contributed by atoms with Gasteiger partial charge in [0, 0.05) is 32.3 Å². The van der Waals surface area contributed by atoms with Gasteiger partial charge in [-0.3, -0.25) is 19.2 Å². The van der Waals surface area contributed by atoms with Crippen molar-refractivity contribution in [2.24, 2.45) is 0 Å². The van der Waals surface area contributed by atoms with E-state index in [0.29, 0.717) is 22.5 Å². The lowest BCUT2D eigenvalue weighted by Gasteiger charge is -2.11. The van der Waals surface area contributed by atoms with E-state index < -0.39 is 5.91 Å². The SMILES string of the molecule is CC(=O)c1ccc(NC(=O)CSc2ccc(NC(=O)/C(=C/c3cccs3)NC(=O)c3ccccc3)cc2)cc1. The van der Waals surface area contributed by atoms with Crippen LogP contribution in [0.25, 0.3) is 6.08 Å². The molecule has 1 heterocycles. The van der Waals surface area contributed by atoms with Crippen LogP contribution in [0.1, 0.15) is 32.5 Å². The molecule has 0 atom stereocenters. The molecule has 0 spiro atoms. The van der Waals surface area contributed by atoms with Gasteiger partial charge in [-0.1, -0.05) is 24.3 Å². The number of rotatable bonds is 10. The Labute approximate surface area is 234 Å². The molecule has 39 heavy (non-hydrogen) atoms. The average molecular weight is 556 g/mol. The number of carbonyl (C=O) groups excluding carboxylic acids is 4. The predicted octanol–water partition coefficient (Wildman–Crippen LogP) is 6.09. The van der Waals surface area contributed by atoms with Crippen molar-refractivity contribution >= 4 is 64.1 Å². The molecular formula is C30H25N3O4S2. The Bertz CT molecular complexity index is 1480. The summed E-state index contributed by atoms with van der Waals surface area (Å²) in [6.45, 7) is 1.49. The summed E-state index contributed by atoms with van der Waals surface area (Å²) < 4.78 is 0. The van der Waals surface area contributed by atoms with Crippen molar-refractivity contribution in [3.63, 3.8) is 0 Å². The molecule has 3 amide bonds. The number of anilines is 2. The number of Topliss-reactive ketones (excluding diaryl/α,β-unsaturated/α-hetero) is 1. The number of amides is 3. The van der Waals surface area contributed by atoms with E-state index in [1.165, 1.54) is 30.0 Å². The molecule has 0 bridgehead atoms. The van der Waals surface area contributed by atoms with Crippen molar-refractivity contribution in [2.45, 2.75) is 11.8 Å². The Balaban J connectivity index is 1.34. The van der Waals surface area contributed by atoms with Crippen LogP contribution >= 0.6 is 23.1 Å². The van der Waals surface area contributed by atoms with Crippen LogP contribution in [0, 0.1) is 0 Å². The summed E-state index contributed by atoms with van der Waals surface area (Å²) in [5, 5.41) is 10.2. The zero-order valence-electron chi connectivity index (χ0n) is 21.0. The molecule has 7 nitrogen and oxygen atoms in total. The second kappa shape index (κ2) is 13.4. The number of hydrogen-bond acceptors (Lipinski definition) is 6. The van der Waals surface area contributed by atoms with Gasteiger partial charge in [0.25, 0.3) is 11.8 Å². The summed E-state index contributed by atoms with van der Waals surface area (Å²) >= 11 is 2.81. The first-order valence-corrected chi connectivity index (χ1v) is 13.8. The lowest BCUT2D eigenvalue weighted by Crippen LogP contribution is -2.30. The van der Waals surface area contributed by atoms with Crippen molar-refractivity contribution in [2.75, 3.05) is 16.4 Å². The Morgan fingerprint density at radius 3 is 2.08 bits per heavy atom. The normalized spacial score (nSPS) is 10.9. The highest BCUT2D eigenvalue weighted by Gasteiger charge is 2.15. The molecule has 3 aromatic carbocycles. The second-order valence-corrected chi connectivity index (χ2v) is 10.4.